The van der Waals surface area contributed by atoms with Gasteiger partial charge in [-0.1, -0.05) is 6.92 Å². The van der Waals surface area contributed by atoms with Crippen LogP contribution < -0.4 is 10.6 Å². The van der Waals surface area contributed by atoms with Crippen LogP contribution in [0.15, 0.2) is 6.20 Å². The molecule has 0 aliphatic carbocycles. The molecule has 1 fully saturated rings. The molecule has 1 saturated heterocycles. The van der Waals surface area contributed by atoms with Gasteiger partial charge in [0, 0.05) is 19.3 Å². The molecule has 2 rings (SSSR count). The van der Waals surface area contributed by atoms with Crippen LogP contribution >= 0.6 is 0 Å². The second-order valence-corrected chi connectivity index (χ2v) is 4.42. The molecule has 0 bridgehead atoms. The molecule has 98 valence electrons. The quantitative estimate of drug-likeness (QED) is 0.607. The Morgan fingerprint density at radius 1 is 1.67 bits per heavy atom. The highest BCUT2D eigenvalue weighted by molar-refractivity contribution is 5.99. The summed E-state index contributed by atoms with van der Waals surface area (Å²) < 4.78 is 5.64. The molecule has 18 heavy (non-hydrogen) atoms. The number of nitrogens with zero attached hydrogens (tertiary/aromatic N) is 3. The lowest BCUT2D eigenvalue weighted by Gasteiger charge is -2.34. The number of amidine groups is 1. The van der Waals surface area contributed by atoms with E-state index in [1.54, 1.807) is 6.20 Å². The Hall–Kier alpha value is -1.69. The van der Waals surface area contributed by atoms with Crippen LogP contribution in [-0.2, 0) is 4.74 Å². The fourth-order valence-electron chi connectivity index (χ4n) is 2.05. The number of aryl methyl sites for hydroxylation is 1. The molecule has 1 unspecified atom stereocenters. The molecular formula is C12H19N5O. The van der Waals surface area contributed by atoms with Crippen molar-refractivity contribution in [3.8, 4) is 0 Å². The molecular weight excluding hydrogens is 230 g/mol. The first-order valence-electron chi connectivity index (χ1n) is 6.16. The number of hydrogen-bond acceptors (Lipinski definition) is 5. The predicted molar refractivity (Wildman–Crippen MR) is 70.0 cm³/mol. The molecule has 0 spiro atoms. The Morgan fingerprint density at radius 3 is 3.11 bits per heavy atom. The topological polar surface area (TPSA) is 88.1 Å². The molecule has 3 N–H and O–H groups in total. The summed E-state index contributed by atoms with van der Waals surface area (Å²) in [6, 6.07) is 0. The van der Waals surface area contributed by atoms with Gasteiger partial charge in [-0.25, -0.2) is 9.97 Å². The van der Waals surface area contributed by atoms with Crippen molar-refractivity contribution in [3.05, 3.63) is 17.6 Å². The summed E-state index contributed by atoms with van der Waals surface area (Å²) in [5.74, 6) is 1.44. The minimum Gasteiger partial charge on any atom is -0.384 e. The van der Waals surface area contributed by atoms with Gasteiger partial charge in [0.2, 0.25) is 0 Å². The molecule has 1 atom stereocenters. The van der Waals surface area contributed by atoms with Crippen molar-refractivity contribution in [2.45, 2.75) is 26.4 Å². The molecule has 1 aliphatic rings. The summed E-state index contributed by atoms with van der Waals surface area (Å²) in [5.41, 5.74) is 6.18. The van der Waals surface area contributed by atoms with Gasteiger partial charge in [0.1, 0.15) is 17.5 Å². The van der Waals surface area contributed by atoms with Gasteiger partial charge in [-0.2, -0.15) is 0 Å². The smallest absolute Gasteiger partial charge is 0.143 e. The second kappa shape index (κ2) is 5.30. The van der Waals surface area contributed by atoms with Crippen LogP contribution in [0.2, 0.25) is 0 Å². The summed E-state index contributed by atoms with van der Waals surface area (Å²) in [6.45, 7) is 6.18. The highest BCUT2D eigenvalue weighted by atomic mass is 16.5. The lowest BCUT2D eigenvalue weighted by molar-refractivity contribution is 0.0381. The number of rotatable bonds is 3. The zero-order valence-electron chi connectivity index (χ0n) is 10.8. The first-order chi connectivity index (χ1) is 8.61. The monoisotopic (exact) mass is 249 g/mol. The van der Waals surface area contributed by atoms with Crippen molar-refractivity contribution in [3.63, 3.8) is 0 Å². The molecule has 0 saturated carbocycles. The Kier molecular flexibility index (Phi) is 3.76. The van der Waals surface area contributed by atoms with Crippen molar-refractivity contribution >= 4 is 11.7 Å². The number of nitrogens with two attached hydrogens (primary N) is 1. The van der Waals surface area contributed by atoms with E-state index >= 15 is 0 Å². The van der Waals surface area contributed by atoms with E-state index in [9.17, 15) is 0 Å². The van der Waals surface area contributed by atoms with Gasteiger partial charge in [0.05, 0.1) is 18.3 Å². The molecule has 1 aliphatic heterocycles. The van der Waals surface area contributed by atoms with E-state index in [1.165, 1.54) is 0 Å². The number of aromatic nitrogens is 2. The zero-order valence-corrected chi connectivity index (χ0v) is 10.8. The highest BCUT2D eigenvalue weighted by Crippen LogP contribution is 2.20. The van der Waals surface area contributed by atoms with E-state index in [4.69, 9.17) is 15.9 Å². The minimum atomic E-state index is 0.00420. The molecule has 1 aromatic rings. The lowest BCUT2D eigenvalue weighted by Crippen LogP contribution is -2.43. The number of morpholine rings is 1. The zero-order chi connectivity index (χ0) is 13.1. The molecule has 0 aromatic carbocycles. The number of hydrogen-bond donors (Lipinski definition) is 2. The van der Waals surface area contributed by atoms with Crippen molar-refractivity contribution in [2.24, 2.45) is 5.73 Å². The third-order valence-corrected chi connectivity index (χ3v) is 3.07. The van der Waals surface area contributed by atoms with E-state index in [1.807, 2.05) is 6.92 Å². The summed E-state index contributed by atoms with van der Waals surface area (Å²) in [6.07, 6.45) is 2.81. The Morgan fingerprint density at radius 2 is 2.44 bits per heavy atom. The average molecular weight is 249 g/mol. The van der Waals surface area contributed by atoms with Crippen molar-refractivity contribution < 1.29 is 4.74 Å². The number of nitrogens with one attached hydrogen (secondary N) is 1. The van der Waals surface area contributed by atoms with Gasteiger partial charge in [-0.05, 0) is 13.3 Å². The summed E-state index contributed by atoms with van der Waals surface area (Å²) in [5, 5.41) is 7.60. The van der Waals surface area contributed by atoms with E-state index < -0.39 is 0 Å². The number of anilines is 1. The van der Waals surface area contributed by atoms with Crippen LogP contribution in [0.4, 0.5) is 5.82 Å². The lowest BCUT2D eigenvalue weighted by atomic mass is 10.2. The molecule has 2 heterocycles. The second-order valence-electron chi connectivity index (χ2n) is 4.42. The van der Waals surface area contributed by atoms with Gasteiger partial charge < -0.3 is 15.4 Å². The maximum Gasteiger partial charge on any atom is 0.143 e. The van der Waals surface area contributed by atoms with Crippen molar-refractivity contribution in [1.82, 2.24) is 9.97 Å². The van der Waals surface area contributed by atoms with Crippen LogP contribution in [-0.4, -0.2) is 41.6 Å². The van der Waals surface area contributed by atoms with E-state index in [-0.39, 0.29) is 11.9 Å². The minimum absolute atomic E-state index is 0.00420. The predicted octanol–water partition coefficient (Wildman–Crippen LogP) is 0.684. The van der Waals surface area contributed by atoms with E-state index in [2.05, 4.69) is 21.8 Å². The van der Waals surface area contributed by atoms with E-state index in [0.29, 0.717) is 18.0 Å². The maximum atomic E-state index is 7.60. The molecule has 6 nitrogen and oxygen atoms in total. The summed E-state index contributed by atoms with van der Waals surface area (Å²) >= 11 is 0. The Bertz CT molecular complexity index is 448. The van der Waals surface area contributed by atoms with Gasteiger partial charge in [0.25, 0.3) is 0 Å². The van der Waals surface area contributed by atoms with Crippen LogP contribution in [0.5, 0.6) is 0 Å². The number of nitrogen functional groups attached to an aromatic ring is 1. The Labute approximate surface area is 107 Å². The van der Waals surface area contributed by atoms with Crippen LogP contribution in [0.25, 0.3) is 0 Å². The first kappa shape index (κ1) is 12.8. The van der Waals surface area contributed by atoms with Crippen molar-refractivity contribution in [1.29, 1.82) is 5.41 Å². The third-order valence-electron chi connectivity index (χ3n) is 3.07. The highest BCUT2D eigenvalue weighted by Gasteiger charge is 2.23. The molecule has 0 radical (unpaired) electrons. The summed E-state index contributed by atoms with van der Waals surface area (Å²) in [4.78, 5) is 10.7. The maximum absolute atomic E-state index is 7.60. The third kappa shape index (κ3) is 2.59. The Balaban J connectivity index is 2.31. The fourth-order valence-corrected chi connectivity index (χ4v) is 2.05. The SMILES string of the molecule is CCC1CN(c2nc(C)ncc2C(=N)N)CCO1. The number of ether oxygens (including phenoxy) is 1. The standard InChI is InChI=1S/C12H19N5O/c1-3-9-7-17(4-5-18-9)12-10(11(13)14)6-15-8(2)16-12/h6,9H,3-5,7H2,1-2H3,(H3,13,14). The fraction of sp³-hybridized carbons (Fsp3) is 0.583. The van der Waals surface area contributed by atoms with Crippen molar-refractivity contribution in [2.75, 3.05) is 24.6 Å². The van der Waals surface area contributed by atoms with E-state index in [0.717, 1.165) is 25.3 Å². The largest absolute Gasteiger partial charge is 0.384 e. The molecule has 1 aromatic heterocycles. The normalized spacial score (nSPS) is 19.9. The summed E-state index contributed by atoms with van der Waals surface area (Å²) in [7, 11) is 0. The average Bonchev–Trinajstić information content (AvgIpc) is 2.38. The van der Waals surface area contributed by atoms with Gasteiger partial charge >= 0.3 is 0 Å². The first-order valence-corrected chi connectivity index (χ1v) is 6.16. The molecule has 6 heteroatoms. The van der Waals surface area contributed by atoms with Gasteiger partial charge in [0.15, 0.2) is 0 Å². The van der Waals surface area contributed by atoms with Gasteiger partial charge in [-0.15, -0.1) is 0 Å². The van der Waals surface area contributed by atoms with Crippen LogP contribution in [0.3, 0.4) is 0 Å². The van der Waals surface area contributed by atoms with Crippen LogP contribution in [0.1, 0.15) is 24.7 Å². The molecule has 0 amide bonds. The van der Waals surface area contributed by atoms with Crippen LogP contribution in [0, 0.1) is 12.3 Å². The van der Waals surface area contributed by atoms with Gasteiger partial charge in [-0.3, -0.25) is 5.41 Å².